The minimum Gasteiger partial charge on any atom is -0.347 e. The molecule has 0 saturated carbocycles. The maximum atomic E-state index is 13.9. The first kappa shape index (κ1) is 17.1. The number of aromatic nitrogens is 3. The lowest BCUT2D eigenvalue weighted by Gasteiger charge is -2.19. The highest BCUT2D eigenvalue weighted by molar-refractivity contribution is 6.31. The van der Waals surface area contributed by atoms with Gasteiger partial charge in [-0.05, 0) is 17.7 Å². The summed E-state index contributed by atoms with van der Waals surface area (Å²) in [6.07, 6.45) is 3.01. The number of amides is 1. The zero-order chi connectivity index (χ0) is 17.6. The first-order chi connectivity index (χ1) is 12.1. The van der Waals surface area contributed by atoms with Crippen molar-refractivity contribution in [1.82, 2.24) is 20.3 Å². The predicted octanol–water partition coefficient (Wildman–Crippen LogP) is 3.17. The maximum Gasteiger partial charge on any atom is 0.225 e. The van der Waals surface area contributed by atoms with Gasteiger partial charge in [-0.1, -0.05) is 48.0 Å². The minimum absolute atomic E-state index is 0.138. The number of rotatable bonds is 6. The van der Waals surface area contributed by atoms with Gasteiger partial charge in [-0.3, -0.25) is 4.79 Å². The van der Waals surface area contributed by atoms with Crippen LogP contribution >= 0.6 is 11.6 Å². The van der Waals surface area contributed by atoms with Crippen LogP contribution in [0.5, 0.6) is 0 Å². The van der Waals surface area contributed by atoms with Crippen molar-refractivity contribution in [3.05, 3.63) is 82.9 Å². The van der Waals surface area contributed by atoms with Gasteiger partial charge in [-0.2, -0.15) is 15.0 Å². The van der Waals surface area contributed by atoms with Gasteiger partial charge < -0.3 is 5.32 Å². The Bertz CT molecular complexity index is 819. The number of nitrogens with zero attached hydrogens (tertiary/aromatic N) is 3. The second-order valence-corrected chi connectivity index (χ2v) is 5.90. The molecule has 5 nitrogen and oxygen atoms in total. The van der Waals surface area contributed by atoms with Crippen LogP contribution in [0.4, 0.5) is 4.39 Å². The molecule has 0 aliphatic rings. The third kappa shape index (κ3) is 4.42. The third-order valence-corrected chi connectivity index (χ3v) is 4.10. The van der Waals surface area contributed by atoms with Crippen molar-refractivity contribution in [2.24, 2.45) is 0 Å². The van der Waals surface area contributed by atoms with Crippen LogP contribution in [0, 0.1) is 5.82 Å². The maximum absolute atomic E-state index is 13.9. The van der Waals surface area contributed by atoms with Gasteiger partial charge in [0.25, 0.3) is 0 Å². The highest BCUT2D eigenvalue weighted by atomic mass is 35.5. The lowest BCUT2D eigenvalue weighted by molar-refractivity contribution is -0.121. The van der Waals surface area contributed by atoms with Crippen LogP contribution < -0.4 is 5.32 Å². The molecule has 1 aromatic heterocycles. The molecule has 1 atom stereocenters. The molecule has 1 unspecified atom stereocenters. The normalized spacial score (nSPS) is 11.9. The largest absolute Gasteiger partial charge is 0.347 e. The van der Waals surface area contributed by atoms with Gasteiger partial charge >= 0.3 is 0 Å². The van der Waals surface area contributed by atoms with E-state index < -0.39 is 5.82 Å². The molecule has 128 valence electrons. The Labute approximate surface area is 149 Å². The van der Waals surface area contributed by atoms with Crippen molar-refractivity contribution in [3.63, 3.8) is 0 Å². The van der Waals surface area contributed by atoms with Crippen LogP contribution in [0.3, 0.4) is 0 Å². The van der Waals surface area contributed by atoms with E-state index in [9.17, 15) is 9.18 Å². The van der Waals surface area contributed by atoms with Gasteiger partial charge in [0.2, 0.25) is 5.91 Å². The standard InChI is InChI=1S/C18H16ClFN4O/c19-15-7-4-8-16(20)14(15)11-18(25)23-17(12-24-21-9-10-22-24)13-5-2-1-3-6-13/h1-10,17H,11-12H2,(H,23,25). The van der Waals surface area contributed by atoms with E-state index in [1.807, 2.05) is 30.3 Å². The van der Waals surface area contributed by atoms with Crippen molar-refractivity contribution in [1.29, 1.82) is 0 Å². The van der Waals surface area contributed by atoms with Crippen LogP contribution in [0.25, 0.3) is 0 Å². The Balaban J connectivity index is 1.76. The molecule has 1 amide bonds. The minimum atomic E-state index is -0.493. The van der Waals surface area contributed by atoms with Gasteiger partial charge in [-0.15, -0.1) is 0 Å². The zero-order valence-corrected chi connectivity index (χ0v) is 14.0. The van der Waals surface area contributed by atoms with Gasteiger partial charge in [0.05, 0.1) is 31.4 Å². The fourth-order valence-corrected chi connectivity index (χ4v) is 2.76. The number of nitrogens with one attached hydrogen (secondary N) is 1. The lowest BCUT2D eigenvalue weighted by atomic mass is 10.1. The zero-order valence-electron chi connectivity index (χ0n) is 13.3. The summed E-state index contributed by atoms with van der Waals surface area (Å²) in [5.74, 6) is -0.819. The van der Waals surface area contributed by atoms with E-state index in [4.69, 9.17) is 11.6 Å². The summed E-state index contributed by atoms with van der Waals surface area (Å²) in [4.78, 5) is 13.9. The Morgan fingerprint density at radius 1 is 1.12 bits per heavy atom. The molecule has 0 aliphatic carbocycles. The van der Waals surface area contributed by atoms with E-state index in [2.05, 4.69) is 15.5 Å². The molecule has 1 N–H and O–H groups in total. The molecular weight excluding hydrogens is 343 g/mol. The molecule has 1 heterocycles. The van der Waals surface area contributed by atoms with Gasteiger partial charge in [0.15, 0.2) is 0 Å². The van der Waals surface area contributed by atoms with Gasteiger partial charge in [0.1, 0.15) is 5.82 Å². The lowest BCUT2D eigenvalue weighted by Crippen LogP contribution is -2.33. The molecule has 0 bridgehead atoms. The van der Waals surface area contributed by atoms with Crippen molar-refractivity contribution < 1.29 is 9.18 Å². The van der Waals surface area contributed by atoms with Gasteiger partial charge in [0, 0.05) is 10.6 Å². The summed E-state index contributed by atoms with van der Waals surface area (Å²) in [5.41, 5.74) is 1.10. The van der Waals surface area contributed by atoms with E-state index in [0.717, 1.165) is 5.56 Å². The Hall–Kier alpha value is -2.73. The van der Waals surface area contributed by atoms with Crippen LogP contribution in [-0.2, 0) is 17.8 Å². The highest BCUT2D eigenvalue weighted by Gasteiger charge is 2.18. The highest BCUT2D eigenvalue weighted by Crippen LogP contribution is 2.20. The summed E-state index contributed by atoms with van der Waals surface area (Å²) in [7, 11) is 0. The van der Waals surface area contributed by atoms with Crippen LogP contribution in [0.2, 0.25) is 5.02 Å². The van der Waals surface area contributed by atoms with E-state index >= 15 is 0 Å². The van der Waals surface area contributed by atoms with Crippen molar-refractivity contribution >= 4 is 17.5 Å². The number of hydrogen-bond acceptors (Lipinski definition) is 3. The van der Waals surface area contributed by atoms with Crippen molar-refractivity contribution in [2.45, 2.75) is 19.0 Å². The fourth-order valence-electron chi connectivity index (χ4n) is 2.53. The summed E-state index contributed by atoms with van der Waals surface area (Å²) in [5, 5.41) is 11.3. The number of carbonyl (C=O) groups is 1. The van der Waals surface area contributed by atoms with Crippen LogP contribution in [0.1, 0.15) is 17.2 Å². The van der Waals surface area contributed by atoms with Crippen LogP contribution in [-0.4, -0.2) is 20.9 Å². The molecule has 0 spiro atoms. The van der Waals surface area contributed by atoms with Crippen molar-refractivity contribution in [3.8, 4) is 0 Å². The van der Waals surface area contributed by atoms with Crippen LogP contribution in [0.15, 0.2) is 60.9 Å². The number of hydrogen-bond donors (Lipinski definition) is 1. The Morgan fingerprint density at radius 3 is 2.52 bits per heavy atom. The average Bonchev–Trinajstić information content (AvgIpc) is 3.12. The second kappa shape index (κ2) is 7.90. The topological polar surface area (TPSA) is 59.8 Å². The molecule has 3 rings (SSSR count). The number of benzene rings is 2. The molecule has 0 radical (unpaired) electrons. The quantitative estimate of drug-likeness (QED) is 0.736. The number of halogens is 2. The third-order valence-electron chi connectivity index (χ3n) is 3.75. The summed E-state index contributed by atoms with van der Waals surface area (Å²) in [6, 6.07) is 13.5. The van der Waals surface area contributed by atoms with Crippen molar-refractivity contribution in [2.75, 3.05) is 0 Å². The summed E-state index contributed by atoms with van der Waals surface area (Å²) in [6.45, 7) is 0.369. The summed E-state index contributed by atoms with van der Waals surface area (Å²) < 4.78 is 13.9. The van der Waals surface area contributed by atoms with E-state index in [0.29, 0.717) is 6.54 Å². The SMILES string of the molecule is O=C(Cc1c(F)cccc1Cl)NC(Cn1nccn1)c1ccccc1. The molecule has 3 aromatic rings. The Kier molecular flexibility index (Phi) is 5.40. The molecule has 7 heteroatoms. The predicted molar refractivity (Wildman–Crippen MR) is 92.5 cm³/mol. The number of carbonyl (C=O) groups excluding carboxylic acids is 1. The average molecular weight is 359 g/mol. The molecule has 25 heavy (non-hydrogen) atoms. The molecule has 0 aliphatic heterocycles. The smallest absolute Gasteiger partial charge is 0.225 e. The molecule has 0 fully saturated rings. The first-order valence-electron chi connectivity index (χ1n) is 7.75. The Morgan fingerprint density at radius 2 is 1.84 bits per heavy atom. The van der Waals surface area contributed by atoms with E-state index in [1.165, 1.54) is 16.9 Å². The summed E-state index contributed by atoms with van der Waals surface area (Å²) >= 11 is 6.00. The van der Waals surface area contributed by atoms with E-state index in [-0.39, 0.29) is 29.0 Å². The monoisotopic (exact) mass is 358 g/mol. The molecular formula is C18H16ClFN4O. The molecule has 0 saturated heterocycles. The first-order valence-corrected chi connectivity index (χ1v) is 8.12. The second-order valence-electron chi connectivity index (χ2n) is 5.49. The molecule has 2 aromatic carbocycles. The van der Waals surface area contributed by atoms with Gasteiger partial charge in [-0.25, -0.2) is 4.39 Å². The van der Waals surface area contributed by atoms with E-state index in [1.54, 1.807) is 18.5 Å². The fraction of sp³-hybridized carbons (Fsp3) is 0.167.